The molecule has 0 aromatic carbocycles. The maximum absolute atomic E-state index is 12.6. The van der Waals surface area contributed by atoms with Crippen LogP contribution in [0.25, 0.3) is 0 Å². The zero-order chi connectivity index (χ0) is 13.1. The van der Waals surface area contributed by atoms with E-state index >= 15 is 0 Å². The van der Waals surface area contributed by atoms with Crippen LogP contribution in [0.4, 0.5) is 0 Å². The van der Waals surface area contributed by atoms with E-state index in [1.807, 2.05) is 12.1 Å². The van der Waals surface area contributed by atoms with E-state index in [0.717, 1.165) is 57.7 Å². The summed E-state index contributed by atoms with van der Waals surface area (Å²) < 4.78 is 7.55. The number of ether oxygens (including phenoxy) is 1. The van der Waals surface area contributed by atoms with Crippen LogP contribution in [0.5, 0.6) is 0 Å². The van der Waals surface area contributed by atoms with Gasteiger partial charge in [-0.05, 0) is 50.9 Å². The highest BCUT2D eigenvalue weighted by atomic mass is 16.5. The van der Waals surface area contributed by atoms with Crippen molar-refractivity contribution in [1.82, 2.24) is 9.88 Å². The second kappa shape index (κ2) is 5.88. The lowest BCUT2D eigenvalue weighted by Crippen LogP contribution is -2.31. The van der Waals surface area contributed by atoms with Gasteiger partial charge in [0.15, 0.2) is 5.78 Å². The minimum absolute atomic E-state index is 0.157. The van der Waals surface area contributed by atoms with Gasteiger partial charge in [0.2, 0.25) is 0 Å². The summed E-state index contributed by atoms with van der Waals surface area (Å²) in [5.41, 5.74) is 0.902. The molecular weight excluding hydrogens is 240 g/mol. The number of Topliss-reactive ketones (excluding diaryl/α,β-unsaturated/α-hetero) is 1. The minimum atomic E-state index is 0.157. The Labute approximate surface area is 114 Å². The van der Waals surface area contributed by atoms with Crippen LogP contribution in [0.3, 0.4) is 0 Å². The van der Waals surface area contributed by atoms with Crippen LogP contribution in [0.1, 0.15) is 42.2 Å². The van der Waals surface area contributed by atoms with Gasteiger partial charge in [0.1, 0.15) is 0 Å². The van der Waals surface area contributed by atoms with Crippen molar-refractivity contribution in [2.75, 3.05) is 26.3 Å². The van der Waals surface area contributed by atoms with Gasteiger partial charge in [-0.15, -0.1) is 0 Å². The summed E-state index contributed by atoms with van der Waals surface area (Å²) in [6, 6.07) is 4.48. The van der Waals surface area contributed by atoms with Crippen molar-refractivity contribution >= 4 is 5.78 Å². The summed E-state index contributed by atoms with van der Waals surface area (Å²) in [6.45, 7) is 3.55. The number of nitrogens with one attached hydrogen (secondary N) is 1. The zero-order valence-corrected chi connectivity index (χ0v) is 11.3. The van der Waals surface area contributed by atoms with Crippen molar-refractivity contribution in [1.29, 1.82) is 0 Å². The van der Waals surface area contributed by atoms with E-state index in [4.69, 9.17) is 4.74 Å². The van der Waals surface area contributed by atoms with E-state index in [1.54, 1.807) is 0 Å². The van der Waals surface area contributed by atoms with Gasteiger partial charge in [-0.25, -0.2) is 0 Å². The van der Waals surface area contributed by atoms with Gasteiger partial charge in [-0.1, -0.05) is 0 Å². The molecule has 0 bridgehead atoms. The molecule has 0 atom stereocenters. The van der Waals surface area contributed by atoms with Gasteiger partial charge >= 0.3 is 0 Å². The number of aromatic nitrogens is 1. The third-order valence-electron chi connectivity index (χ3n) is 4.33. The lowest BCUT2D eigenvalue weighted by molar-refractivity contribution is 0.0537. The molecule has 19 heavy (non-hydrogen) atoms. The largest absolute Gasteiger partial charge is 0.381 e. The molecule has 0 unspecified atom stereocenters. The predicted octanol–water partition coefficient (Wildman–Crippen LogP) is 2.02. The number of hydrogen-bond donors (Lipinski definition) is 1. The van der Waals surface area contributed by atoms with Gasteiger partial charge < -0.3 is 14.6 Å². The number of carbonyl (C=O) groups excluding carboxylic acids is 1. The van der Waals surface area contributed by atoms with E-state index in [2.05, 4.69) is 16.1 Å². The summed E-state index contributed by atoms with van der Waals surface area (Å²) >= 11 is 0. The number of rotatable bonds is 3. The first-order chi connectivity index (χ1) is 9.36. The van der Waals surface area contributed by atoms with Crippen LogP contribution in [0.15, 0.2) is 18.3 Å². The average molecular weight is 262 g/mol. The standard InChI is InChI=1S/C15H22N2O2/c18-15(12-5-10-19-11-6-12)14-2-1-9-17(14)13-3-7-16-8-4-13/h1-2,9,12-13,16H,3-8,10-11H2. The summed E-state index contributed by atoms with van der Waals surface area (Å²) in [4.78, 5) is 12.6. The summed E-state index contributed by atoms with van der Waals surface area (Å²) in [6.07, 6.45) is 6.04. The van der Waals surface area contributed by atoms with E-state index in [9.17, 15) is 4.79 Å². The summed E-state index contributed by atoms with van der Waals surface area (Å²) in [7, 11) is 0. The molecule has 2 aliphatic rings. The predicted molar refractivity (Wildman–Crippen MR) is 73.4 cm³/mol. The molecule has 0 saturated carbocycles. The Morgan fingerprint density at radius 1 is 1.21 bits per heavy atom. The van der Waals surface area contributed by atoms with Crippen molar-refractivity contribution in [3.05, 3.63) is 24.0 Å². The molecular formula is C15H22N2O2. The Morgan fingerprint density at radius 2 is 1.95 bits per heavy atom. The highest BCUT2D eigenvalue weighted by Crippen LogP contribution is 2.25. The number of nitrogens with zero attached hydrogens (tertiary/aromatic N) is 1. The van der Waals surface area contributed by atoms with Crippen molar-refractivity contribution in [3.63, 3.8) is 0 Å². The Hall–Kier alpha value is -1.13. The fourth-order valence-electron chi connectivity index (χ4n) is 3.17. The van der Waals surface area contributed by atoms with Gasteiger partial charge in [0.25, 0.3) is 0 Å². The Morgan fingerprint density at radius 3 is 2.68 bits per heavy atom. The van der Waals surface area contributed by atoms with Crippen LogP contribution < -0.4 is 5.32 Å². The molecule has 3 heterocycles. The first-order valence-corrected chi connectivity index (χ1v) is 7.36. The molecule has 3 rings (SSSR count). The second-order valence-electron chi connectivity index (χ2n) is 5.53. The number of carbonyl (C=O) groups is 1. The molecule has 2 saturated heterocycles. The Balaban J connectivity index is 1.76. The average Bonchev–Trinajstić information content (AvgIpc) is 2.98. The maximum Gasteiger partial charge on any atom is 0.182 e. The summed E-state index contributed by atoms with van der Waals surface area (Å²) in [5, 5.41) is 3.37. The molecule has 4 nitrogen and oxygen atoms in total. The fourth-order valence-corrected chi connectivity index (χ4v) is 3.17. The molecule has 2 aliphatic heterocycles. The number of ketones is 1. The topological polar surface area (TPSA) is 43.3 Å². The van der Waals surface area contributed by atoms with E-state index in [1.165, 1.54) is 0 Å². The number of piperidine rings is 1. The molecule has 2 fully saturated rings. The third kappa shape index (κ3) is 2.74. The monoisotopic (exact) mass is 262 g/mol. The third-order valence-corrected chi connectivity index (χ3v) is 4.33. The molecule has 1 aromatic rings. The van der Waals surface area contributed by atoms with Gasteiger partial charge in [-0.2, -0.15) is 0 Å². The fraction of sp³-hybridized carbons (Fsp3) is 0.667. The quantitative estimate of drug-likeness (QED) is 0.848. The molecule has 0 spiro atoms. The van der Waals surface area contributed by atoms with Crippen molar-refractivity contribution in [2.24, 2.45) is 5.92 Å². The van der Waals surface area contributed by atoms with E-state index in [0.29, 0.717) is 11.8 Å². The minimum Gasteiger partial charge on any atom is -0.381 e. The van der Waals surface area contributed by atoms with Crippen LogP contribution in [0, 0.1) is 5.92 Å². The Kier molecular flexibility index (Phi) is 3.99. The smallest absolute Gasteiger partial charge is 0.182 e. The molecule has 4 heteroatoms. The van der Waals surface area contributed by atoms with E-state index in [-0.39, 0.29) is 5.92 Å². The van der Waals surface area contributed by atoms with E-state index < -0.39 is 0 Å². The van der Waals surface area contributed by atoms with Gasteiger partial charge in [0.05, 0.1) is 5.69 Å². The SMILES string of the molecule is O=C(c1cccn1C1CCNCC1)C1CCOCC1. The highest BCUT2D eigenvalue weighted by Gasteiger charge is 2.26. The normalized spacial score (nSPS) is 22.5. The molecule has 1 N–H and O–H groups in total. The lowest BCUT2D eigenvalue weighted by Gasteiger charge is -2.27. The van der Waals surface area contributed by atoms with Crippen molar-refractivity contribution in [2.45, 2.75) is 31.7 Å². The molecule has 0 amide bonds. The van der Waals surface area contributed by atoms with Gasteiger partial charge in [0, 0.05) is 31.4 Å². The van der Waals surface area contributed by atoms with Crippen LogP contribution in [-0.2, 0) is 4.74 Å². The van der Waals surface area contributed by atoms with Crippen LogP contribution in [-0.4, -0.2) is 36.7 Å². The van der Waals surface area contributed by atoms with Crippen molar-refractivity contribution in [3.8, 4) is 0 Å². The van der Waals surface area contributed by atoms with Crippen molar-refractivity contribution < 1.29 is 9.53 Å². The number of hydrogen-bond acceptors (Lipinski definition) is 3. The molecule has 104 valence electrons. The lowest BCUT2D eigenvalue weighted by atomic mass is 9.93. The molecule has 0 radical (unpaired) electrons. The zero-order valence-electron chi connectivity index (χ0n) is 11.3. The highest BCUT2D eigenvalue weighted by molar-refractivity contribution is 5.96. The van der Waals surface area contributed by atoms with Crippen LogP contribution >= 0.6 is 0 Å². The van der Waals surface area contributed by atoms with Gasteiger partial charge in [-0.3, -0.25) is 4.79 Å². The Bertz CT molecular complexity index is 429. The maximum atomic E-state index is 12.6. The first kappa shape index (κ1) is 12.9. The molecule has 1 aromatic heterocycles. The first-order valence-electron chi connectivity index (χ1n) is 7.36. The second-order valence-corrected chi connectivity index (χ2v) is 5.53. The summed E-state index contributed by atoms with van der Waals surface area (Å²) in [5.74, 6) is 0.468. The van der Waals surface area contributed by atoms with Crippen LogP contribution in [0.2, 0.25) is 0 Å². The molecule has 0 aliphatic carbocycles.